The monoisotopic (exact) mass is 505 g/mol. The number of phenols is 1. The average Bonchev–Trinajstić information content (AvgIpc) is 2.98. The molecule has 7 rings (SSSR count). The molecule has 3 heterocycles. The van der Waals surface area contributed by atoms with Crippen LogP contribution in [0.5, 0.6) is 5.75 Å². The molecule has 0 amide bonds. The maximum Gasteiger partial charge on any atom is 0.141 e. The Balaban J connectivity index is 1.49. The summed E-state index contributed by atoms with van der Waals surface area (Å²) in [7, 11) is 0. The van der Waals surface area contributed by atoms with Gasteiger partial charge in [0.25, 0.3) is 0 Å². The summed E-state index contributed by atoms with van der Waals surface area (Å²) in [5.74, 6) is 1.04. The average molecular weight is 506 g/mol. The lowest BCUT2D eigenvalue weighted by Gasteiger charge is -2.41. The second kappa shape index (κ2) is 8.81. The molecule has 0 fully saturated rings. The van der Waals surface area contributed by atoms with E-state index in [1.54, 1.807) is 6.07 Å². The van der Waals surface area contributed by atoms with Crippen LogP contribution < -0.4 is 4.90 Å². The second-order valence-corrected chi connectivity index (χ2v) is 10.5. The van der Waals surface area contributed by atoms with Crippen LogP contribution in [-0.4, -0.2) is 15.1 Å². The van der Waals surface area contributed by atoms with Crippen LogP contribution in [0.3, 0.4) is 0 Å². The van der Waals surface area contributed by atoms with Crippen molar-refractivity contribution in [3.63, 3.8) is 0 Å². The van der Waals surface area contributed by atoms with E-state index in [0.717, 1.165) is 45.0 Å². The van der Waals surface area contributed by atoms with Gasteiger partial charge >= 0.3 is 0 Å². The lowest BCUT2D eigenvalue weighted by molar-refractivity contribution is 0.480. The summed E-state index contributed by atoms with van der Waals surface area (Å²) in [6.07, 6.45) is 1.83. The van der Waals surface area contributed by atoms with Gasteiger partial charge in [0.05, 0.1) is 17.1 Å². The molecule has 4 heteroatoms. The normalized spacial score (nSPS) is 13.6. The van der Waals surface area contributed by atoms with Crippen molar-refractivity contribution >= 4 is 28.1 Å². The van der Waals surface area contributed by atoms with Gasteiger partial charge in [0.2, 0.25) is 0 Å². The Morgan fingerprint density at radius 2 is 1.44 bits per heavy atom. The Morgan fingerprint density at radius 3 is 2.26 bits per heavy atom. The third-order valence-corrected chi connectivity index (χ3v) is 7.81. The molecule has 2 aromatic heterocycles. The van der Waals surface area contributed by atoms with Crippen molar-refractivity contribution in [2.24, 2.45) is 0 Å². The van der Waals surface area contributed by atoms with Crippen molar-refractivity contribution in [1.82, 2.24) is 9.97 Å². The van der Waals surface area contributed by atoms with E-state index in [1.807, 2.05) is 54.7 Å². The van der Waals surface area contributed by atoms with Crippen molar-refractivity contribution in [2.75, 3.05) is 4.90 Å². The third-order valence-electron chi connectivity index (χ3n) is 7.81. The van der Waals surface area contributed by atoms with Crippen molar-refractivity contribution in [1.29, 1.82) is 0 Å². The molecule has 0 spiro atoms. The van der Waals surface area contributed by atoms with Gasteiger partial charge in [-0.2, -0.15) is 0 Å². The van der Waals surface area contributed by atoms with Crippen LogP contribution in [0, 0.1) is 0 Å². The summed E-state index contributed by atoms with van der Waals surface area (Å²) in [6.45, 7) is 4.56. The lowest BCUT2D eigenvalue weighted by atomic mass is 9.73. The van der Waals surface area contributed by atoms with Crippen LogP contribution in [0.1, 0.15) is 25.0 Å². The molecule has 4 nitrogen and oxygen atoms in total. The number of hydrogen-bond acceptors (Lipinski definition) is 4. The molecule has 1 aliphatic heterocycles. The first-order valence-corrected chi connectivity index (χ1v) is 13.2. The number of fused-ring (bicyclic) bond motifs is 3. The molecule has 0 aliphatic carbocycles. The zero-order chi connectivity index (χ0) is 26.6. The van der Waals surface area contributed by atoms with E-state index in [9.17, 15) is 5.11 Å². The maximum atomic E-state index is 10.8. The van der Waals surface area contributed by atoms with Crippen LogP contribution in [0.2, 0.25) is 0 Å². The number of nitrogens with zero attached hydrogens (tertiary/aromatic N) is 3. The fourth-order valence-electron chi connectivity index (χ4n) is 5.85. The van der Waals surface area contributed by atoms with Gasteiger partial charge in [0, 0.05) is 22.6 Å². The molecular formula is C35H27N3O. The predicted molar refractivity (Wildman–Crippen MR) is 159 cm³/mol. The van der Waals surface area contributed by atoms with E-state index < -0.39 is 0 Å². The molecule has 0 saturated heterocycles. The van der Waals surface area contributed by atoms with Gasteiger partial charge in [-0.05, 0) is 58.7 Å². The van der Waals surface area contributed by atoms with Gasteiger partial charge in [-0.25, -0.2) is 9.97 Å². The molecule has 1 aliphatic rings. The Kier molecular flexibility index (Phi) is 5.24. The first-order valence-electron chi connectivity index (χ1n) is 13.2. The maximum absolute atomic E-state index is 10.8. The number of aromatic nitrogens is 2. The first kappa shape index (κ1) is 23.2. The Bertz CT molecular complexity index is 1850. The van der Waals surface area contributed by atoms with Gasteiger partial charge in [0.15, 0.2) is 0 Å². The van der Waals surface area contributed by atoms with E-state index in [0.29, 0.717) is 5.52 Å². The van der Waals surface area contributed by atoms with Crippen molar-refractivity contribution in [2.45, 2.75) is 19.3 Å². The molecule has 4 aromatic carbocycles. The van der Waals surface area contributed by atoms with Gasteiger partial charge in [-0.3, -0.25) is 4.90 Å². The zero-order valence-electron chi connectivity index (χ0n) is 21.8. The number of hydrogen-bond donors (Lipinski definition) is 1. The smallest absolute Gasteiger partial charge is 0.141 e. The Morgan fingerprint density at radius 1 is 0.667 bits per heavy atom. The second-order valence-electron chi connectivity index (χ2n) is 10.5. The summed E-state index contributed by atoms with van der Waals surface area (Å²) >= 11 is 0. The number of anilines is 3. The number of rotatable bonds is 3. The SMILES string of the molecule is CC1(C)c2ccccc2N(c2ccccn2)c2cc(-c3cc(-c4ccccc4)c4cccc(O)c4n3)ccc21. The molecular weight excluding hydrogens is 478 g/mol. The molecule has 0 saturated carbocycles. The predicted octanol–water partition coefficient (Wildman–Crippen LogP) is 8.78. The molecule has 1 N–H and O–H groups in total. The number of pyridine rings is 2. The summed E-state index contributed by atoms with van der Waals surface area (Å²) in [4.78, 5) is 12.0. The van der Waals surface area contributed by atoms with Gasteiger partial charge < -0.3 is 5.11 Å². The fraction of sp³-hybridized carbons (Fsp3) is 0.0857. The molecule has 39 heavy (non-hydrogen) atoms. The van der Waals surface area contributed by atoms with Crippen molar-refractivity contribution in [3.8, 4) is 28.1 Å². The quantitative estimate of drug-likeness (QED) is 0.261. The molecule has 0 unspecified atom stereocenters. The van der Waals surface area contributed by atoms with Gasteiger partial charge in [0.1, 0.15) is 17.1 Å². The van der Waals surface area contributed by atoms with E-state index in [2.05, 4.69) is 79.4 Å². The number of benzene rings is 4. The summed E-state index contributed by atoms with van der Waals surface area (Å²) < 4.78 is 0. The molecule has 188 valence electrons. The minimum absolute atomic E-state index is 0.176. The number of para-hydroxylation sites is 2. The summed E-state index contributed by atoms with van der Waals surface area (Å²) in [5, 5.41) is 11.7. The van der Waals surface area contributed by atoms with E-state index in [1.165, 1.54) is 11.1 Å². The zero-order valence-corrected chi connectivity index (χ0v) is 21.8. The Labute approximate surface area is 227 Å². The highest BCUT2D eigenvalue weighted by Gasteiger charge is 2.37. The van der Waals surface area contributed by atoms with Crippen molar-refractivity contribution in [3.05, 3.63) is 133 Å². The van der Waals surface area contributed by atoms with Crippen LogP contribution in [-0.2, 0) is 5.41 Å². The highest BCUT2D eigenvalue weighted by Crippen LogP contribution is 2.52. The minimum atomic E-state index is -0.194. The van der Waals surface area contributed by atoms with Crippen LogP contribution in [0.4, 0.5) is 17.2 Å². The fourth-order valence-corrected chi connectivity index (χ4v) is 5.85. The molecule has 6 aromatic rings. The van der Waals surface area contributed by atoms with Gasteiger partial charge in [-0.15, -0.1) is 0 Å². The lowest BCUT2D eigenvalue weighted by Crippen LogP contribution is -2.30. The van der Waals surface area contributed by atoms with Crippen LogP contribution in [0.25, 0.3) is 33.3 Å². The highest BCUT2D eigenvalue weighted by atomic mass is 16.3. The van der Waals surface area contributed by atoms with E-state index >= 15 is 0 Å². The minimum Gasteiger partial charge on any atom is -0.506 e. The van der Waals surface area contributed by atoms with Crippen LogP contribution in [0.15, 0.2) is 121 Å². The standard InChI is InChI=1S/C35H27N3O/c1-35(2)27-14-6-7-15-30(27)38(33-17-8-9-20-36-33)31-21-24(18-19-28(31)35)29-22-26(23-11-4-3-5-12-23)25-13-10-16-32(39)34(25)37-29/h3-22,39H,1-2H3. The highest BCUT2D eigenvalue weighted by molar-refractivity contribution is 5.99. The number of aromatic hydroxyl groups is 1. The molecule has 0 atom stereocenters. The Hall–Kier alpha value is -4.96. The van der Waals surface area contributed by atoms with Gasteiger partial charge in [-0.1, -0.05) is 92.7 Å². The largest absolute Gasteiger partial charge is 0.506 e. The molecule has 0 radical (unpaired) electrons. The van der Waals surface area contributed by atoms with E-state index in [4.69, 9.17) is 9.97 Å². The van der Waals surface area contributed by atoms with Crippen molar-refractivity contribution < 1.29 is 5.11 Å². The van der Waals surface area contributed by atoms with Crippen LogP contribution >= 0.6 is 0 Å². The third kappa shape index (κ3) is 3.68. The summed E-state index contributed by atoms with van der Waals surface area (Å²) in [5.41, 5.74) is 9.00. The first-order chi connectivity index (χ1) is 19.0. The topological polar surface area (TPSA) is 49.2 Å². The number of phenolic OH excluding ortho intramolecular Hbond substituents is 1. The van der Waals surface area contributed by atoms with E-state index in [-0.39, 0.29) is 11.2 Å². The summed E-state index contributed by atoms with van der Waals surface area (Å²) in [6, 6.07) is 39.1. The molecule has 0 bridgehead atoms.